The SMILES string of the molecule is O=C(CCC1CCCCC1)Nc1ccc(Cl)c(O)c1. The van der Waals surface area contributed by atoms with Crippen molar-refractivity contribution in [3.8, 4) is 5.75 Å². The number of hydrogen-bond donors (Lipinski definition) is 2. The number of rotatable bonds is 4. The Labute approximate surface area is 119 Å². The lowest BCUT2D eigenvalue weighted by Crippen LogP contribution is -2.14. The Morgan fingerprint density at radius 1 is 1.32 bits per heavy atom. The molecule has 1 aliphatic carbocycles. The largest absolute Gasteiger partial charge is 0.506 e. The van der Waals surface area contributed by atoms with Crippen LogP contribution in [0.5, 0.6) is 5.75 Å². The number of phenols is 1. The van der Waals surface area contributed by atoms with Crippen molar-refractivity contribution in [2.45, 2.75) is 44.9 Å². The molecule has 1 aliphatic rings. The van der Waals surface area contributed by atoms with Crippen molar-refractivity contribution >= 4 is 23.2 Å². The first kappa shape index (κ1) is 14.2. The van der Waals surface area contributed by atoms with Crippen LogP contribution in [0.2, 0.25) is 5.02 Å². The Morgan fingerprint density at radius 3 is 2.74 bits per heavy atom. The second-order valence-corrected chi connectivity index (χ2v) is 5.66. The first-order chi connectivity index (χ1) is 9.15. The van der Waals surface area contributed by atoms with Crippen molar-refractivity contribution in [1.82, 2.24) is 0 Å². The number of phenolic OH excluding ortho intramolecular Hbond substituents is 1. The highest BCUT2D eigenvalue weighted by atomic mass is 35.5. The van der Waals surface area contributed by atoms with E-state index >= 15 is 0 Å². The van der Waals surface area contributed by atoms with Crippen molar-refractivity contribution in [1.29, 1.82) is 0 Å². The van der Waals surface area contributed by atoms with E-state index in [1.165, 1.54) is 38.2 Å². The lowest BCUT2D eigenvalue weighted by molar-refractivity contribution is -0.116. The summed E-state index contributed by atoms with van der Waals surface area (Å²) in [5.74, 6) is 0.706. The minimum absolute atomic E-state index is 0.00676. The molecule has 0 atom stereocenters. The van der Waals surface area contributed by atoms with E-state index in [-0.39, 0.29) is 11.7 Å². The van der Waals surface area contributed by atoms with Gasteiger partial charge in [-0.05, 0) is 24.5 Å². The van der Waals surface area contributed by atoms with E-state index in [0.29, 0.717) is 23.0 Å². The first-order valence-corrected chi connectivity index (χ1v) is 7.31. The van der Waals surface area contributed by atoms with Crippen LogP contribution in [0.4, 0.5) is 5.69 Å². The molecule has 0 heterocycles. The number of amides is 1. The van der Waals surface area contributed by atoms with Crippen LogP contribution in [-0.2, 0) is 4.79 Å². The van der Waals surface area contributed by atoms with Gasteiger partial charge in [-0.3, -0.25) is 4.79 Å². The Balaban J connectivity index is 1.78. The number of carbonyl (C=O) groups excluding carboxylic acids is 1. The molecule has 2 N–H and O–H groups in total. The van der Waals surface area contributed by atoms with E-state index in [4.69, 9.17) is 11.6 Å². The third-order valence-corrected chi connectivity index (χ3v) is 4.05. The van der Waals surface area contributed by atoms with E-state index < -0.39 is 0 Å². The van der Waals surface area contributed by atoms with Gasteiger partial charge in [-0.15, -0.1) is 0 Å². The fourth-order valence-electron chi connectivity index (χ4n) is 2.62. The summed E-state index contributed by atoms with van der Waals surface area (Å²) in [4.78, 5) is 11.8. The predicted molar refractivity (Wildman–Crippen MR) is 77.6 cm³/mol. The summed E-state index contributed by atoms with van der Waals surface area (Å²) in [5.41, 5.74) is 0.593. The number of halogens is 1. The third kappa shape index (κ3) is 4.43. The lowest BCUT2D eigenvalue weighted by atomic mass is 9.86. The molecule has 0 bridgehead atoms. The molecule has 0 spiro atoms. The zero-order valence-corrected chi connectivity index (χ0v) is 11.7. The molecule has 4 heteroatoms. The smallest absolute Gasteiger partial charge is 0.224 e. The van der Waals surface area contributed by atoms with Gasteiger partial charge in [0.05, 0.1) is 5.02 Å². The topological polar surface area (TPSA) is 49.3 Å². The summed E-state index contributed by atoms with van der Waals surface area (Å²) < 4.78 is 0. The number of nitrogens with one attached hydrogen (secondary N) is 1. The van der Waals surface area contributed by atoms with E-state index in [2.05, 4.69) is 5.32 Å². The summed E-state index contributed by atoms with van der Waals surface area (Å²) in [6.45, 7) is 0. The minimum atomic E-state index is -0.00764. The molecule has 0 saturated heterocycles. The van der Waals surface area contributed by atoms with Crippen LogP contribution in [0.3, 0.4) is 0 Å². The van der Waals surface area contributed by atoms with Gasteiger partial charge in [0, 0.05) is 18.2 Å². The highest BCUT2D eigenvalue weighted by Crippen LogP contribution is 2.28. The van der Waals surface area contributed by atoms with Crippen molar-refractivity contribution in [2.24, 2.45) is 5.92 Å². The van der Waals surface area contributed by atoms with Gasteiger partial charge in [-0.25, -0.2) is 0 Å². The molecule has 0 unspecified atom stereocenters. The zero-order chi connectivity index (χ0) is 13.7. The predicted octanol–water partition coefficient (Wildman–Crippen LogP) is 4.34. The van der Waals surface area contributed by atoms with Crippen LogP contribution in [0.15, 0.2) is 18.2 Å². The maximum Gasteiger partial charge on any atom is 0.224 e. The molecular weight excluding hydrogens is 262 g/mol. The summed E-state index contributed by atoms with van der Waals surface area (Å²) in [7, 11) is 0. The van der Waals surface area contributed by atoms with Crippen LogP contribution in [0.25, 0.3) is 0 Å². The molecular formula is C15H20ClNO2. The fraction of sp³-hybridized carbons (Fsp3) is 0.533. The van der Waals surface area contributed by atoms with Crippen molar-refractivity contribution in [3.63, 3.8) is 0 Å². The first-order valence-electron chi connectivity index (χ1n) is 6.93. The van der Waals surface area contributed by atoms with Crippen LogP contribution in [0.1, 0.15) is 44.9 Å². The van der Waals surface area contributed by atoms with Gasteiger partial charge in [0.15, 0.2) is 0 Å². The second-order valence-electron chi connectivity index (χ2n) is 5.26. The maximum atomic E-state index is 11.8. The summed E-state index contributed by atoms with van der Waals surface area (Å²) in [5, 5.41) is 12.5. The molecule has 0 radical (unpaired) electrons. The van der Waals surface area contributed by atoms with Gasteiger partial charge >= 0.3 is 0 Å². The second kappa shape index (κ2) is 6.80. The number of hydrogen-bond acceptors (Lipinski definition) is 2. The van der Waals surface area contributed by atoms with E-state index in [9.17, 15) is 9.90 Å². The van der Waals surface area contributed by atoms with Crippen LogP contribution >= 0.6 is 11.6 Å². The number of aromatic hydroxyl groups is 1. The third-order valence-electron chi connectivity index (χ3n) is 3.73. The normalized spacial score (nSPS) is 16.3. The molecule has 0 aliphatic heterocycles. The van der Waals surface area contributed by atoms with Crippen molar-refractivity contribution < 1.29 is 9.90 Å². The Bertz CT molecular complexity index is 442. The average Bonchev–Trinajstić information content (AvgIpc) is 2.42. The van der Waals surface area contributed by atoms with Gasteiger partial charge in [-0.1, -0.05) is 43.7 Å². The lowest BCUT2D eigenvalue weighted by Gasteiger charge is -2.21. The standard InChI is InChI=1S/C15H20ClNO2/c16-13-8-7-12(10-14(13)18)17-15(19)9-6-11-4-2-1-3-5-11/h7-8,10-11,18H,1-6,9H2,(H,17,19). The summed E-state index contributed by atoms with van der Waals surface area (Å²) in [6, 6.07) is 4.75. The molecule has 19 heavy (non-hydrogen) atoms. The van der Waals surface area contributed by atoms with Crippen molar-refractivity contribution in [2.75, 3.05) is 5.32 Å². The van der Waals surface area contributed by atoms with Gasteiger partial charge in [0.1, 0.15) is 5.75 Å². The number of carbonyl (C=O) groups is 1. The molecule has 1 aromatic carbocycles. The van der Waals surface area contributed by atoms with Gasteiger partial charge < -0.3 is 10.4 Å². The molecule has 3 nitrogen and oxygen atoms in total. The molecule has 2 rings (SSSR count). The molecule has 1 aromatic rings. The Hall–Kier alpha value is -1.22. The Morgan fingerprint density at radius 2 is 2.05 bits per heavy atom. The van der Waals surface area contributed by atoms with E-state index in [1.54, 1.807) is 12.1 Å². The van der Waals surface area contributed by atoms with Crippen LogP contribution in [0, 0.1) is 5.92 Å². The molecule has 1 saturated carbocycles. The Kier molecular flexibility index (Phi) is 5.08. The van der Waals surface area contributed by atoms with Gasteiger partial charge in [0.2, 0.25) is 5.91 Å². The van der Waals surface area contributed by atoms with E-state index in [0.717, 1.165) is 6.42 Å². The van der Waals surface area contributed by atoms with Crippen molar-refractivity contribution in [3.05, 3.63) is 23.2 Å². The van der Waals surface area contributed by atoms with Gasteiger partial charge in [0.25, 0.3) is 0 Å². The number of anilines is 1. The molecule has 0 aromatic heterocycles. The number of benzene rings is 1. The summed E-state index contributed by atoms with van der Waals surface area (Å²) in [6.07, 6.45) is 7.98. The highest BCUT2D eigenvalue weighted by molar-refractivity contribution is 6.32. The van der Waals surface area contributed by atoms with E-state index in [1.807, 2.05) is 0 Å². The molecule has 1 fully saturated rings. The minimum Gasteiger partial charge on any atom is -0.506 e. The fourth-order valence-corrected chi connectivity index (χ4v) is 2.74. The molecule has 1 amide bonds. The average molecular weight is 282 g/mol. The highest BCUT2D eigenvalue weighted by Gasteiger charge is 2.15. The quantitative estimate of drug-likeness (QED) is 0.862. The monoisotopic (exact) mass is 281 g/mol. The zero-order valence-electron chi connectivity index (χ0n) is 11.0. The van der Waals surface area contributed by atoms with Crippen LogP contribution < -0.4 is 5.32 Å². The molecule has 104 valence electrons. The van der Waals surface area contributed by atoms with Crippen LogP contribution in [-0.4, -0.2) is 11.0 Å². The van der Waals surface area contributed by atoms with Gasteiger partial charge in [-0.2, -0.15) is 0 Å². The summed E-state index contributed by atoms with van der Waals surface area (Å²) >= 11 is 5.72. The maximum absolute atomic E-state index is 11.8.